The van der Waals surface area contributed by atoms with Crippen LogP contribution in [-0.2, 0) is 4.79 Å². The summed E-state index contributed by atoms with van der Waals surface area (Å²) in [5.74, 6) is 1.44. The fourth-order valence-corrected chi connectivity index (χ4v) is 2.89. The highest BCUT2D eigenvalue weighted by Crippen LogP contribution is 2.37. The first-order valence-electron chi connectivity index (χ1n) is 6.64. The van der Waals surface area contributed by atoms with E-state index in [0.29, 0.717) is 16.4 Å². The van der Waals surface area contributed by atoms with Crippen molar-refractivity contribution in [2.75, 3.05) is 13.8 Å². The Morgan fingerprint density at radius 3 is 2.81 bits per heavy atom. The molecule has 2 aliphatic heterocycles. The summed E-state index contributed by atoms with van der Waals surface area (Å²) in [5.41, 5.74) is 2.51. The van der Waals surface area contributed by atoms with Gasteiger partial charge in [0.05, 0.1) is 6.04 Å². The molecule has 2 aliphatic rings. The molecule has 0 unspecified atom stereocenters. The number of nitrogens with zero attached hydrogens (tertiary/aromatic N) is 1. The number of ketones is 1. The summed E-state index contributed by atoms with van der Waals surface area (Å²) in [7, 11) is 1.85. The molecule has 5 nitrogen and oxygen atoms in total. The van der Waals surface area contributed by atoms with Gasteiger partial charge < -0.3 is 19.7 Å². The molecule has 0 saturated heterocycles. The molecule has 1 aromatic carbocycles. The number of allylic oxidation sites excluding steroid dienone is 1. The molecular formula is C15H16N2O3S. The van der Waals surface area contributed by atoms with Crippen LogP contribution in [-0.4, -0.2) is 29.6 Å². The minimum Gasteiger partial charge on any atom is -0.454 e. The normalized spacial score (nSPS) is 20.6. The molecule has 0 saturated carbocycles. The molecule has 0 bridgehead atoms. The lowest BCUT2D eigenvalue weighted by Crippen LogP contribution is -2.45. The van der Waals surface area contributed by atoms with E-state index < -0.39 is 0 Å². The average Bonchev–Trinajstić information content (AvgIpc) is 2.91. The largest absolute Gasteiger partial charge is 0.454 e. The minimum absolute atomic E-state index is 0.0250. The van der Waals surface area contributed by atoms with E-state index >= 15 is 0 Å². The summed E-state index contributed by atoms with van der Waals surface area (Å²) >= 11 is 5.33. The number of benzene rings is 1. The maximum Gasteiger partial charge on any atom is 0.231 e. The third kappa shape index (κ3) is 2.25. The van der Waals surface area contributed by atoms with Crippen molar-refractivity contribution in [3.05, 3.63) is 35.0 Å². The van der Waals surface area contributed by atoms with Gasteiger partial charge in [0.1, 0.15) is 0 Å². The number of rotatable bonds is 2. The molecule has 110 valence electrons. The molecule has 21 heavy (non-hydrogen) atoms. The lowest BCUT2D eigenvalue weighted by molar-refractivity contribution is -0.114. The van der Waals surface area contributed by atoms with E-state index in [2.05, 4.69) is 5.32 Å². The molecule has 6 heteroatoms. The lowest BCUT2D eigenvalue weighted by atomic mass is 9.92. The average molecular weight is 304 g/mol. The summed E-state index contributed by atoms with van der Waals surface area (Å²) in [6.07, 6.45) is 0. The Hall–Kier alpha value is -2.08. The smallest absolute Gasteiger partial charge is 0.231 e. The Kier molecular flexibility index (Phi) is 3.33. The highest BCUT2D eigenvalue weighted by molar-refractivity contribution is 7.80. The number of carbonyl (C=O) groups excluding carboxylic acids is 1. The Balaban J connectivity index is 2.07. The number of fused-ring (bicyclic) bond motifs is 1. The van der Waals surface area contributed by atoms with Crippen LogP contribution in [0.4, 0.5) is 0 Å². The van der Waals surface area contributed by atoms with Gasteiger partial charge in [-0.05, 0) is 43.8 Å². The lowest BCUT2D eigenvalue weighted by Gasteiger charge is -2.35. The fourth-order valence-electron chi connectivity index (χ4n) is 2.64. The van der Waals surface area contributed by atoms with E-state index in [0.717, 1.165) is 17.0 Å². The van der Waals surface area contributed by atoms with E-state index in [9.17, 15) is 4.79 Å². The standard InChI is InChI=1S/C15H16N2O3S/c1-8-13(9(2)18)14(16-15(21)17(8)3)10-4-5-11-12(6-10)20-7-19-11/h4-6,14H,7H2,1-3H3,(H,16,21)/t14-/m0/s1. The van der Waals surface area contributed by atoms with Gasteiger partial charge in [-0.3, -0.25) is 4.79 Å². The number of hydrogen-bond donors (Lipinski definition) is 1. The van der Waals surface area contributed by atoms with Crippen LogP contribution in [0.1, 0.15) is 25.5 Å². The van der Waals surface area contributed by atoms with E-state index in [4.69, 9.17) is 21.7 Å². The second-order valence-corrected chi connectivity index (χ2v) is 5.50. The Labute approximate surface area is 128 Å². The van der Waals surface area contributed by atoms with E-state index in [1.165, 1.54) is 0 Å². The third-order valence-electron chi connectivity index (χ3n) is 3.86. The van der Waals surface area contributed by atoms with Crippen LogP contribution >= 0.6 is 12.2 Å². The highest BCUT2D eigenvalue weighted by atomic mass is 32.1. The summed E-state index contributed by atoms with van der Waals surface area (Å²) in [5, 5.41) is 3.82. The molecule has 1 atom stereocenters. The van der Waals surface area contributed by atoms with Crippen LogP contribution in [0.3, 0.4) is 0 Å². The monoisotopic (exact) mass is 304 g/mol. The van der Waals surface area contributed by atoms with E-state index in [1.807, 2.05) is 37.1 Å². The summed E-state index contributed by atoms with van der Waals surface area (Å²) in [6, 6.07) is 5.41. The zero-order valence-electron chi connectivity index (χ0n) is 12.1. The molecule has 1 aromatic rings. The number of thiocarbonyl (C=S) groups is 1. The first-order chi connectivity index (χ1) is 9.99. The summed E-state index contributed by atoms with van der Waals surface area (Å²) in [4.78, 5) is 13.9. The second kappa shape index (κ2) is 5.04. The van der Waals surface area contributed by atoms with Gasteiger partial charge in [-0.25, -0.2) is 0 Å². The van der Waals surface area contributed by atoms with Gasteiger partial charge in [0, 0.05) is 18.3 Å². The SMILES string of the molecule is CC(=O)C1=C(C)N(C)C(=S)N[C@H]1c1ccc2c(c1)OCO2. The zero-order valence-corrected chi connectivity index (χ0v) is 12.9. The van der Waals surface area contributed by atoms with Gasteiger partial charge in [0.25, 0.3) is 0 Å². The molecule has 0 amide bonds. The number of ether oxygens (including phenoxy) is 2. The molecule has 0 aromatic heterocycles. The fraction of sp³-hybridized carbons (Fsp3) is 0.333. The molecule has 1 N–H and O–H groups in total. The van der Waals surface area contributed by atoms with Gasteiger partial charge in [-0.2, -0.15) is 0 Å². The van der Waals surface area contributed by atoms with Crippen molar-refractivity contribution in [1.82, 2.24) is 10.2 Å². The predicted molar refractivity (Wildman–Crippen MR) is 82.2 cm³/mol. The van der Waals surface area contributed by atoms with Gasteiger partial charge in [0.15, 0.2) is 22.4 Å². The summed E-state index contributed by atoms with van der Waals surface area (Å²) < 4.78 is 10.7. The number of carbonyl (C=O) groups is 1. The van der Waals surface area contributed by atoms with Crippen molar-refractivity contribution in [3.63, 3.8) is 0 Å². The third-order valence-corrected chi connectivity index (χ3v) is 4.25. The molecule has 3 rings (SSSR count). The van der Waals surface area contributed by atoms with Crippen molar-refractivity contribution in [1.29, 1.82) is 0 Å². The van der Waals surface area contributed by atoms with Crippen molar-refractivity contribution in [2.45, 2.75) is 19.9 Å². The van der Waals surface area contributed by atoms with Crippen LogP contribution in [0.15, 0.2) is 29.5 Å². The quantitative estimate of drug-likeness (QED) is 0.845. The van der Waals surface area contributed by atoms with Gasteiger partial charge in [-0.15, -0.1) is 0 Å². The summed E-state index contributed by atoms with van der Waals surface area (Å²) in [6.45, 7) is 3.71. The molecule has 0 spiro atoms. The van der Waals surface area contributed by atoms with Crippen LogP contribution in [0.5, 0.6) is 11.5 Å². The molecular weight excluding hydrogens is 288 g/mol. The zero-order chi connectivity index (χ0) is 15.1. The van der Waals surface area contributed by atoms with Gasteiger partial charge in [0.2, 0.25) is 6.79 Å². The van der Waals surface area contributed by atoms with Crippen molar-refractivity contribution < 1.29 is 14.3 Å². The van der Waals surface area contributed by atoms with Crippen LogP contribution in [0.25, 0.3) is 0 Å². The van der Waals surface area contributed by atoms with Gasteiger partial charge in [-0.1, -0.05) is 6.07 Å². The Morgan fingerprint density at radius 1 is 1.38 bits per heavy atom. The van der Waals surface area contributed by atoms with Crippen molar-refractivity contribution >= 4 is 23.1 Å². The van der Waals surface area contributed by atoms with Crippen LogP contribution < -0.4 is 14.8 Å². The predicted octanol–water partition coefficient (Wildman–Crippen LogP) is 2.14. The topological polar surface area (TPSA) is 50.8 Å². The van der Waals surface area contributed by atoms with Crippen LogP contribution in [0.2, 0.25) is 0 Å². The first kappa shape index (κ1) is 13.9. The highest BCUT2D eigenvalue weighted by Gasteiger charge is 2.31. The molecule has 2 heterocycles. The van der Waals surface area contributed by atoms with Crippen molar-refractivity contribution in [3.8, 4) is 11.5 Å². The van der Waals surface area contributed by atoms with E-state index in [-0.39, 0.29) is 18.6 Å². The van der Waals surface area contributed by atoms with Crippen LogP contribution in [0, 0.1) is 0 Å². The maximum absolute atomic E-state index is 12.1. The number of hydrogen-bond acceptors (Lipinski definition) is 4. The first-order valence-corrected chi connectivity index (χ1v) is 7.05. The van der Waals surface area contributed by atoms with Gasteiger partial charge >= 0.3 is 0 Å². The maximum atomic E-state index is 12.1. The van der Waals surface area contributed by atoms with E-state index in [1.54, 1.807) is 6.92 Å². The number of Topliss-reactive ketones (excluding diaryl/α,β-unsaturated/α-hetero) is 1. The molecule has 0 aliphatic carbocycles. The molecule has 0 radical (unpaired) electrons. The minimum atomic E-state index is -0.263. The Bertz CT molecular complexity index is 669. The second-order valence-electron chi connectivity index (χ2n) is 5.11. The Morgan fingerprint density at radius 2 is 2.10 bits per heavy atom. The van der Waals surface area contributed by atoms with Crippen molar-refractivity contribution in [2.24, 2.45) is 0 Å². The number of nitrogens with one attached hydrogen (secondary N) is 1. The molecule has 0 fully saturated rings.